The van der Waals surface area contributed by atoms with E-state index in [-0.39, 0.29) is 29.7 Å². The second-order valence-electron chi connectivity index (χ2n) is 7.63. The lowest BCUT2D eigenvalue weighted by Gasteiger charge is -2.08. The van der Waals surface area contributed by atoms with Gasteiger partial charge >= 0.3 is 0 Å². The molecule has 0 atom stereocenters. The molecule has 0 unspecified atom stereocenters. The molecule has 1 heterocycles. The minimum absolute atomic E-state index is 0.0145. The van der Waals surface area contributed by atoms with Gasteiger partial charge in [-0.1, -0.05) is 35.9 Å². The Hall–Kier alpha value is -3.71. The van der Waals surface area contributed by atoms with E-state index in [0.29, 0.717) is 34.7 Å². The van der Waals surface area contributed by atoms with Crippen LogP contribution in [0.5, 0.6) is 5.75 Å². The van der Waals surface area contributed by atoms with Crippen LogP contribution < -0.4 is 10.1 Å². The van der Waals surface area contributed by atoms with Crippen LogP contribution in [0.1, 0.15) is 17.7 Å². The first-order valence-electron chi connectivity index (χ1n) is 10.6. The Morgan fingerprint density at radius 2 is 1.82 bits per heavy atom. The van der Waals surface area contributed by atoms with Gasteiger partial charge in [-0.05, 0) is 48.5 Å². The van der Waals surface area contributed by atoms with E-state index in [1.54, 1.807) is 36.1 Å². The van der Waals surface area contributed by atoms with Crippen LogP contribution in [0.15, 0.2) is 72.8 Å². The van der Waals surface area contributed by atoms with Crippen LogP contribution in [-0.2, 0) is 17.8 Å². The molecule has 0 spiro atoms. The van der Waals surface area contributed by atoms with Crippen molar-refractivity contribution in [3.63, 3.8) is 0 Å². The molecular weight excluding hydrogens is 460 g/mol. The van der Waals surface area contributed by atoms with Gasteiger partial charge in [-0.3, -0.25) is 4.79 Å². The molecule has 8 heteroatoms. The normalized spacial score (nSPS) is 10.8. The third kappa shape index (κ3) is 5.43. The molecule has 3 aromatic carbocycles. The van der Waals surface area contributed by atoms with Gasteiger partial charge in [0.25, 0.3) is 0 Å². The molecule has 0 saturated carbocycles. The predicted molar refractivity (Wildman–Crippen MR) is 127 cm³/mol. The number of methoxy groups -OCH3 is 1. The second-order valence-corrected chi connectivity index (χ2v) is 8.04. The highest BCUT2D eigenvalue weighted by atomic mass is 35.5. The molecule has 0 fully saturated rings. The lowest BCUT2D eigenvalue weighted by molar-refractivity contribution is -0.121. The van der Waals surface area contributed by atoms with Crippen LogP contribution in [-0.4, -0.2) is 22.8 Å². The number of amides is 1. The van der Waals surface area contributed by atoms with Crippen molar-refractivity contribution in [3.8, 4) is 22.7 Å². The van der Waals surface area contributed by atoms with E-state index in [4.69, 9.17) is 16.3 Å². The van der Waals surface area contributed by atoms with Crippen LogP contribution in [0, 0.1) is 11.6 Å². The Kier molecular flexibility index (Phi) is 7.23. The molecule has 0 radical (unpaired) electrons. The highest BCUT2D eigenvalue weighted by molar-refractivity contribution is 6.30. The first-order valence-corrected chi connectivity index (χ1v) is 11.0. The minimum Gasteiger partial charge on any atom is -0.497 e. The first-order chi connectivity index (χ1) is 16.4. The molecular formula is C26H22ClF2N3O2. The molecule has 1 amide bonds. The van der Waals surface area contributed by atoms with E-state index < -0.39 is 5.82 Å². The highest BCUT2D eigenvalue weighted by Gasteiger charge is 2.14. The van der Waals surface area contributed by atoms with Gasteiger partial charge in [0.05, 0.1) is 29.2 Å². The molecule has 0 aliphatic heterocycles. The quantitative estimate of drug-likeness (QED) is 0.350. The average molecular weight is 482 g/mol. The minimum atomic E-state index is -0.539. The smallest absolute Gasteiger partial charge is 0.220 e. The summed E-state index contributed by atoms with van der Waals surface area (Å²) in [5.41, 5.74) is 3.11. The molecule has 4 rings (SSSR count). The number of rotatable bonds is 8. The van der Waals surface area contributed by atoms with Crippen molar-refractivity contribution < 1.29 is 18.3 Å². The summed E-state index contributed by atoms with van der Waals surface area (Å²) in [6.07, 6.45) is 0.514. The molecule has 174 valence electrons. The molecule has 0 aliphatic carbocycles. The van der Waals surface area contributed by atoms with Gasteiger partial charge in [0.1, 0.15) is 17.4 Å². The molecule has 1 N–H and O–H groups in total. The lowest BCUT2D eigenvalue weighted by Crippen LogP contribution is -2.23. The Balaban J connectivity index is 1.51. The molecule has 4 aromatic rings. The van der Waals surface area contributed by atoms with Crippen LogP contribution in [0.3, 0.4) is 0 Å². The van der Waals surface area contributed by atoms with E-state index in [1.165, 1.54) is 18.2 Å². The Morgan fingerprint density at radius 3 is 2.56 bits per heavy atom. The molecule has 0 bridgehead atoms. The number of hydrogen-bond acceptors (Lipinski definition) is 3. The number of aromatic nitrogens is 2. The summed E-state index contributed by atoms with van der Waals surface area (Å²) in [5, 5.41) is 7.37. The lowest BCUT2D eigenvalue weighted by atomic mass is 10.1. The Morgan fingerprint density at radius 1 is 1.06 bits per heavy atom. The second kappa shape index (κ2) is 10.5. The predicted octanol–water partition coefficient (Wildman–Crippen LogP) is 5.73. The number of carbonyl (C=O) groups excluding carboxylic acids is 1. The molecule has 0 saturated heterocycles. The summed E-state index contributed by atoms with van der Waals surface area (Å²) in [6.45, 7) is 0.0417. The summed E-state index contributed by atoms with van der Waals surface area (Å²) in [6, 6.07) is 20.1. The van der Waals surface area contributed by atoms with Crippen molar-refractivity contribution >= 4 is 17.5 Å². The third-order valence-corrected chi connectivity index (χ3v) is 5.61. The number of halogens is 3. The van der Waals surface area contributed by atoms with Crippen molar-refractivity contribution in [2.45, 2.75) is 19.4 Å². The Labute approximate surface area is 200 Å². The number of ether oxygens (including phenoxy) is 1. The highest BCUT2D eigenvalue weighted by Crippen LogP contribution is 2.26. The van der Waals surface area contributed by atoms with Crippen LogP contribution in [0.25, 0.3) is 16.9 Å². The van der Waals surface area contributed by atoms with Gasteiger partial charge in [-0.2, -0.15) is 5.10 Å². The van der Waals surface area contributed by atoms with Crippen molar-refractivity contribution in [1.29, 1.82) is 0 Å². The maximum absolute atomic E-state index is 14.0. The zero-order valence-electron chi connectivity index (χ0n) is 18.4. The molecule has 0 aliphatic rings. The van der Waals surface area contributed by atoms with Gasteiger partial charge in [-0.25, -0.2) is 13.5 Å². The number of nitrogens with one attached hydrogen (secondary N) is 1. The fourth-order valence-corrected chi connectivity index (χ4v) is 3.73. The fraction of sp³-hybridized carbons (Fsp3) is 0.154. The van der Waals surface area contributed by atoms with Gasteiger partial charge in [0.2, 0.25) is 5.91 Å². The topological polar surface area (TPSA) is 56.2 Å². The van der Waals surface area contributed by atoms with Gasteiger partial charge in [0.15, 0.2) is 0 Å². The summed E-state index contributed by atoms with van der Waals surface area (Å²) in [5.74, 6) is -0.432. The van der Waals surface area contributed by atoms with Crippen molar-refractivity contribution in [2.24, 2.45) is 0 Å². The molecule has 34 heavy (non-hydrogen) atoms. The maximum Gasteiger partial charge on any atom is 0.220 e. The summed E-state index contributed by atoms with van der Waals surface area (Å²) >= 11 is 5.79. The van der Waals surface area contributed by atoms with E-state index in [9.17, 15) is 13.6 Å². The monoisotopic (exact) mass is 481 g/mol. The summed E-state index contributed by atoms with van der Waals surface area (Å²) in [7, 11) is 1.59. The van der Waals surface area contributed by atoms with Crippen LogP contribution in [0.4, 0.5) is 8.78 Å². The van der Waals surface area contributed by atoms with Crippen molar-refractivity contribution in [3.05, 3.63) is 101 Å². The zero-order chi connectivity index (χ0) is 24.1. The Bertz CT molecular complexity index is 1310. The standard InChI is InChI=1S/C26H22ClF2N3O2/c1-34-22-11-9-21(10-12-22)32-24(17-4-2-6-19(28)14-17)15-20(31-32)8-13-25(33)30-16-18-5-3-7-23(27)26(18)29/h2-7,9-12,14-15H,8,13,16H2,1H3,(H,30,33). The van der Waals surface area contributed by atoms with Crippen LogP contribution in [0.2, 0.25) is 5.02 Å². The number of aryl methyl sites for hydroxylation is 1. The number of carbonyl (C=O) groups is 1. The average Bonchev–Trinajstić information content (AvgIpc) is 3.28. The van der Waals surface area contributed by atoms with Gasteiger partial charge in [0, 0.05) is 30.5 Å². The summed E-state index contributed by atoms with van der Waals surface area (Å²) < 4.78 is 34.8. The maximum atomic E-state index is 14.0. The summed E-state index contributed by atoms with van der Waals surface area (Å²) in [4.78, 5) is 12.4. The van der Waals surface area contributed by atoms with E-state index in [1.807, 2.05) is 30.3 Å². The van der Waals surface area contributed by atoms with Gasteiger partial charge < -0.3 is 10.1 Å². The zero-order valence-corrected chi connectivity index (χ0v) is 19.2. The molecule has 1 aromatic heterocycles. The van der Waals surface area contributed by atoms with Crippen molar-refractivity contribution in [2.75, 3.05) is 7.11 Å². The van der Waals surface area contributed by atoms with E-state index in [2.05, 4.69) is 10.4 Å². The van der Waals surface area contributed by atoms with Crippen molar-refractivity contribution in [1.82, 2.24) is 15.1 Å². The van der Waals surface area contributed by atoms with Gasteiger partial charge in [-0.15, -0.1) is 0 Å². The largest absolute Gasteiger partial charge is 0.497 e. The van der Waals surface area contributed by atoms with E-state index >= 15 is 0 Å². The fourth-order valence-electron chi connectivity index (χ4n) is 3.53. The SMILES string of the molecule is COc1ccc(-n2nc(CCC(=O)NCc3cccc(Cl)c3F)cc2-c2cccc(F)c2)cc1. The van der Waals surface area contributed by atoms with Crippen LogP contribution >= 0.6 is 11.6 Å². The first kappa shape index (κ1) is 23.4. The third-order valence-electron chi connectivity index (χ3n) is 5.31. The number of benzene rings is 3. The number of nitrogens with zero attached hydrogens (tertiary/aromatic N) is 2. The number of hydrogen-bond donors (Lipinski definition) is 1. The molecule has 5 nitrogen and oxygen atoms in total. The van der Waals surface area contributed by atoms with E-state index in [0.717, 1.165) is 5.69 Å².